The quantitative estimate of drug-likeness (QED) is 0.770. The van der Waals surface area contributed by atoms with Crippen molar-refractivity contribution in [3.63, 3.8) is 0 Å². The summed E-state index contributed by atoms with van der Waals surface area (Å²) in [5.74, 6) is -0.103. The van der Waals surface area contributed by atoms with Gasteiger partial charge in [0.1, 0.15) is 5.75 Å². The molecule has 0 spiro atoms. The van der Waals surface area contributed by atoms with E-state index in [4.69, 9.17) is 9.84 Å². The molecule has 0 bridgehead atoms. The number of hydrogen-bond donors (Lipinski definition) is 2. The van der Waals surface area contributed by atoms with Crippen LogP contribution in [0.1, 0.15) is 13.8 Å². The zero-order valence-electron chi connectivity index (χ0n) is 10.2. The molecule has 0 heterocycles. The number of methoxy groups -OCH3 is 1. The molecule has 1 atom stereocenters. The van der Waals surface area contributed by atoms with Crippen molar-refractivity contribution in [1.29, 1.82) is 0 Å². The molecule has 2 N–H and O–H groups in total. The summed E-state index contributed by atoms with van der Waals surface area (Å²) in [5, 5.41) is 11.9. The first-order valence-corrected chi connectivity index (χ1v) is 5.35. The maximum atomic E-state index is 10.7. The lowest BCUT2D eigenvalue weighted by molar-refractivity contribution is -0.132. The van der Waals surface area contributed by atoms with E-state index < -0.39 is 5.97 Å². The first-order valence-electron chi connectivity index (χ1n) is 5.35. The molecular weight excluding hydrogens is 218 g/mol. The van der Waals surface area contributed by atoms with Crippen molar-refractivity contribution >= 4 is 11.7 Å². The molecule has 0 aliphatic rings. The number of carboxylic acids is 1. The summed E-state index contributed by atoms with van der Waals surface area (Å²) >= 11 is 0. The maximum Gasteiger partial charge on any atom is 0.331 e. The van der Waals surface area contributed by atoms with Crippen LogP contribution in [0.15, 0.2) is 35.9 Å². The Morgan fingerprint density at radius 2 is 2.00 bits per heavy atom. The first-order chi connectivity index (χ1) is 8.02. The van der Waals surface area contributed by atoms with Crippen LogP contribution in [0, 0.1) is 0 Å². The van der Waals surface area contributed by atoms with Crippen LogP contribution in [-0.4, -0.2) is 24.2 Å². The molecule has 0 fully saturated rings. The number of nitrogens with one attached hydrogen (secondary N) is 1. The van der Waals surface area contributed by atoms with E-state index in [1.54, 1.807) is 20.1 Å². The number of aliphatic carboxylic acids is 1. The number of carboxylic acid groups (broad SMARTS) is 1. The van der Waals surface area contributed by atoms with Gasteiger partial charge in [-0.2, -0.15) is 0 Å². The van der Waals surface area contributed by atoms with Gasteiger partial charge >= 0.3 is 5.97 Å². The molecule has 0 saturated heterocycles. The van der Waals surface area contributed by atoms with Gasteiger partial charge in [-0.15, -0.1) is 0 Å². The molecule has 17 heavy (non-hydrogen) atoms. The fraction of sp³-hybridized carbons (Fsp3) is 0.308. The van der Waals surface area contributed by atoms with Crippen molar-refractivity contribution in [3.05, 3.63) is 35.9 Å². The summed E-state index contributed by atoms with van der Waals surface area (Å²) in [7, 11) is 1.62. The third-order valence-corrected chi connectivity index (χ3v) is 2.32. The second kappa shape index (κ2) is 5.94. The molecule has 0 aliphatic carbocycles. The molecule has 92 valence electrons. The Hall–Kier alpha value is -1.97. The SMILES string of the molecule is COc1ccc(NC(C)/C=C(\C)C(=O)O)cc1. The minimum Gasteiger partial charge on any atom is -0.497 e. The van der Waals surface area contributed by atoms with Gasteiger partial charge in [0.05, 0.1) is 7.11 Å². The number of ether oxygens (including phenoxy) is 1. The predicted molar refractivity (Wildman–Crippen MR) is 67.5 cm³/mol. The fourth-order valence-electron chi connectivity index (χ4n) is 1.44. The van der Waals surface area contributed by atoms with Crippen molar-refractivity contribution in [2.75, 3.05) is 12.4 Å². The Morgan fingerprint density at radius 1 is 1.41 bits per heavy atom. The molecule has 1 aromatic rings. The van der Waals surface area contributed by atoms with E-state index in [-0.39, 0.29) is 6.04 Å². The van der Waals surface area contributed by atoms with Gasteiger partial charge in [-0.05, 0) is 38.1 Å². The average Bonchev–Trinajstić information content (AvgIpc) is 2.29. The topological polar surface area (TPSA) is 58.6 Å². The number of benzene rings is 1. The molecule has 0 radical (unpaired) electrons. The van der Waals surface area contributed by atoms with E-state index in [2.05, 4.69) is 5.32 Å². The van der Waals surface area contributed by atoms with Gasteiger partial charge in [-0.1, -0.05) is 6.08 Å². The van der Waals surface area contributed by atoms with Gasteiger partial charge in [0.25, 0.3) is 0 Å². The second-order valence-corrected chi connectivity index (χ2v) is 3.82. The first kappa shape index (κ1) is 13.1. The zero-order valence-corrected chi connectivity index (χ0v) is 10.2. The normalized spacial score (nSPS) is 13.0. The van der Waals surface area contributed by atoms with Crippen LogP contribution in [0.25, 0.3) is 0 Å². The highest BCUT2D eigenvalue weighted by molar-refractivity contribution is 5.86. The summed E-state index contributed by atoms with van der Waals surface area (Å²) in [6.45, 7) is 3.48. The number of hydrogen-bond acceptors (Lipinski definition) is 3. The lowest BCUT2D eigenvalue weighted by Crippen LogP contribution is -2.14. The highest BCUT2D eigenvalue weighted by atomic mass is 16.5. The average molecular weight is 235 g/mol. The molecule has 4 nitrogen and oxygen atoms in total. The molecule has 1 aromatic carbocycles. The van der Waals surface area contributed by atoms with Crippen molar-refractivity contribution in [2.24, 2.45) is 0 Å². The predicted octanol–water partition coefficient (Wildman–Crippen LogP) is 2.53. The summed E-state index contributed by atoms with van der Waals surface area (Å²) < 4.78 is 5.05. The van der Waals surface area contributed by atoms with E-state index in [0.29, 0.717) is 5.57 Å². The van der Waals surface area contributed by atoms with Crippen LogP contribution in [0.4, 0.5) is 5.69 Å². The van der Waals surface area contributed by atoms with Gasteiger partial charge in [0, 0.05) is 17.3 Å². The van der Waals surface area contributed by atoms with Crippen LogP contribution >= 0.6 is 0 Å². The minimum atomic E-state index is -0.895. The molecular formula is C13H17NO3. The van der Waals surface area contributed by atoms with Crippen molar-refractivity contribution in [1.82, 2.24) is 0 Å². The van der Waals surface area contributed by atoms with Crippen LogP contribution in [-0.2, 0) is 4.79 Å². The van der Waals surface area contributed by atoms with E-state index in [0.717, 1.165) is 11.4 Å². The summed E-state index contributed by atoms with van der Waals surface area (Å²) in [6.07, 6.45) is 1.67. The number of rotatable bonds is 5. The van der Waals surface area contributed by atoms with Crippen molar-refractivity contribution in [3.8, 4) is 5.75 Å². The largest absolute Gasteiger partial charge is 0.497 e. The Kier molecular flexibility index (Phi) is 4.57. The summed E-state index contributed by atoms with van der Waals surface area (Å²) in [4.78, 5) is 10.7. The highest BCUT2D eigenvalue weighted by Crippen LogP contribution is 2.16. The van der Waals surface area contributed by atoms with E-state index in [1.807, 2.05) is 31.2 Å². The molecule has 0 saturated carbocycles. The third-order valence-electron chi connectivity index (χ3n) is 2.32. The van der Waals surface area contributed by atoms with Crippen LogP contribution in [0.2, 0.25) is 0 Å². The lowest BCUT2D eigenvalue weighted by atomic mass is 10.2. The van der Waals surface area contributed by atoms with Crippen LogP contribution in [0.3, 0.4) is 0 Å². The monoisotopic (exact) mass is 235 g/mol. The molecule has 0 aromatic heterocycles. The Bertz CT molecular complexity index is 409. The molecule has 1 unspecified atom stereocenters. The Balaban J connectivity index is 2.64. The third kappa shape index (κ3) is 4.18. The van der Waals surface area contributed by atoms with Crippen LogP contribution < -0.4 is 10.1 Å². The summed E-state index contributed by atoms with van der Waals surface area (Å²) in [5.41, 5.74) is 1.26. The molecule has 0 aliphatic heterocycles. The van der Waals surface area contributed by atoms with E-state index in [9.17, 15) is 4.79 Å². The smallest absolute Gasteiger partial charge is 0.331 e. The second-order valence-electron chi connectivity index (χ2n) is 3.82. The lowest BCUT2D eigenvalue weighted by Gasteiger charge is -2.12. The van der Waals surface area contributed by atoms with Gasteiger partial charge in [0.15, 0.2) is 0 Å². The van der Waals surface area contributed by atoms with Crippen molar-refractivity contribution < 1.29 is 14.6 Å². The van der Waals surface area contributed by atoms with Crippen LogP contribution in [0.5, 0.6) is 5.75 Å². The number of carbonyl (C=O) groups is 1. The molecule has 1 rings (SSSR count). The van der Waals surface area contributed by atoms with Gasteiger partial charge in [0.2, 0.25) is 0 Å². The van der Waals surface area contributed by atoms with Crippen molar-refractivity contribution in [2.45, 2.75) is 19.9 Å². The molecule has 0 amide bonds. The molecule has 4 heteroatoms. The zero-order chi connectivity index (χ0) is 12.8. The minimum absolute atomic E-state index is 0.0421. The maximum absolute atomic E-state index is 10.7. The van der Waals surface area contributed by atoms with Gasteiger partial charge in [-0.25, -0.2) is 4.79 Å². The van der Waals surface area contributed by atoms with Gasteiger partial charge in [-0.3, -0.25) is 0 Å². The van der Waals surface area contributed by atoms with Gasteiger partial charge < -0.3 is 15.2 Å². The Morgan fingerprint density at radius 3 is 2.47 bits per heavy atom. The van der Waals surface area contributed by atoms with E-state index >= 15 is 0 Å². The number of anilines is 1. The summed E-state index contributed by atoms with van der Waals surface area (Å²) in [6, 6.07) is 7.43. The highest BCUT2D eigenvalue weighted by Gasteiger charge is 2.04. The van der Waals surface area contributed by atoms with E-state index in [1.165, 1.54) is 0 Å². The standard InChI is InChI=1S/C13H17NO3/c1-9(13(15)16)8-10(2)14-11-4-6-12(17-3)7-5-11/h4-8,10,14H,1-3H3,(H,15,16)/b9-8+. The Labute approximate surface area is 101 Å². The fourth-order valence-corrected chi connectivity index (χ4v) is 1.44.